The summed E-state index contributed by atoms with van der Waals surface area (Å²) in [6.07, 6.45) is 0.722. The molecule has 1 fully saturated rings. The van der Waals surface area contributed by atoms with Crippen molar-refractivity contribution in [3.8, 4) is 0 Å². The van der Waals surface area contributed by atoms with Crippen molar-refractivity contribution in [3.05, 3.63) is 29.8 Å². The first-order valence-electron chi connectivity index (χ1n) is 7.20. The van der Waals surface area contributed by atoms with Crippen molar-refractivity contribution >= 4 is 21.4 Å². The van der Waals surface area contributed by atoms with Gasteiger partial charge in [0.15, 0.2) is 9.84 Å². The fourth-order valence-electron chi connectivity index (χ4n) is 2.69. The molecule has 1 amide bonds. The normalized spacial score (nSPS) is 20.6. The molecule has 1 aromatic carbocycles. The molecule has 0 bridgehead atoms. The van der Waals surface area contributed by atoms with Gasteiger partial charge >= 0.3 is 0 Å². The van der Waals surface area contributed by atoms with Gasteiger partial charge in [0.2, 0.25) is 5.91 Å². The lowest BCUT2D eigenvalue weighted by Crippen LogP contribution is -2.35. The van der Waals surface area contributed by atoms with E-state index in [1.54, 1.807) is 0 Å². The second kappa shape index (κ2) is 6.58. The number of amides is 1. The minimum absolute atomic E-state index is 0.0888. The van der Waals surface area contributed by atoms with Crippen molar-refractivity contribution in [1.82, 2.24) is 4.90 Å². The maximum absolute atomic E-state index is 11.6. The summed E-state index contributed by atoms with van der Waals surface area (Å²) in [5.41, 5.74) is 1.90. The summed E-state index contributed by atoms with van der Waals surface area (Å²) in [6.45, 7) is 5.09. The van der Waals surface area contributed by atoms with Gasteiger partial charge in [-0.3, -0.25) is 9.69 Å². The summed E-state index contributed by atoms with van der Waals surface area (Å²) in [4.78, 5) is 13.2. The van der Waals surface area contributed by atoms with Crippen LogP contribution in [0.25, 0.3) is 0 Å². The number of benzene rings is 1. The molecular formula is C15H22N2O3S. The largest absolute Gasteiger partial charge is 0.326 e. The Hall–Kier alpha value is -1.40. The molecule has 0 aliphatic carbocycles. The highest BCUT2D eigenvalue weighted by Crippen LogP contribution is 2.20. The van der Waals surface area contributed by atoms with Crippen molar-refractivity contribution in [2.24, 2.45) is 0 Å². The summed E-state index contributed by atoms with van der Waals surface area (Å²) in [5.74, 6) is 0.481. The quantitative estimate of drug-likeness (QED) is 0.898. The Labute approximate surface area is 126 Å². The maximum atomic E-state index is 11.6. The zero-order valence-electron chi connectivity index (χ0n) is 12.5. The first-order valence-corrected chi connectivity index (χ1v) is 9.03. The molecule has 0 aromatic heterocycles. The van der Waals surface area contributed by atoms with Gasteiger partial charge in [0, 0.05) is 25.2 Å². The Morgan fingerprint density at radius 2 is 2.00 bits per heavy atom. The highest BCUT2D eigenvalue weighted by molar-refractivity contribution is 7.91. The van der Waals surface area contributed by atoms with E-state index in [4.69, 9.17) is 0 Å². The second-order valence-corrected chi connectivity index (χ2v) is 7.73. The Morgan fingerprint density at radius 3 is 2.48 bits per heavy atom. The monoisotopic (exact) mass is 310 g/mol. The highest BCUT2D eigenvalue weighted by atomic mass is 32.2. The van der Waals surface area contributed by atoms with Gasteiger partial charge in [-0.25, -0.2) is 8.42 Å². The standard InChI is InChI=1S/C15H22N2O3S/c1-3-17(15-8-9-21(19,20)11-15)10-13-4-6-14(7-5-13)16-12(2)18/h4-7,15H,3,8-11H2,1-2H3,(H,16,18)/t15-/m1/s1. The van der Waals surface area contributed by atoms with Gasteiger partial charge in [0.25, 0.3) is 0 Å². The van der Waals surface area contributed by atoms with E-state index >= 15 is 0 Å². The summed E-state index contributed by atoms with van der Waals surface area (Å²) in [6, 6.07) is 7.80. The Bertz CT molecular complexity index is 596. The minimum atomic E-state index is -2.85. The Kier molecular flexibility index (Phi) is 5.00. The van der Waals surface area contributed by atoms with Crippen molar-refractivity contribution in [3.63, 3.8) is 0 Å². The molecule has 1 N–H and O–H groups in total. The van der Waals surface area contributed by atoms with Gasteiger partial charge in [-0.2, -0.15) is 0 Å². The van der Waals surface area contributed by atoms with Crippen molar-refractivity contribution in [2.45, 2.75) is 32.9 Å². The lowest BCUT2D eigenvalue weighted by atomic mass is 10.1. The van der Waals surface area contributed by atoms with E-state index in [0.29, 0.717) is 5.75 Å². The zero-order chi connectivity index (χ0) is 15.5. The minimum Gasteiger partial charge on any atom is -0.326 e. The van der Waals surface area contributed by atoms with Crippen LogP contribution in [0.3, 0.4) is 0 Å². The summed E-state index contributed by atoms with van der Waals surface area (Å²) < 4.78 is 23.2. The molecule has 0 spiro atoms. The van der Waals surface area contributed by atoms with Gasteiger partial charge in [-0.15, -0.1) is 0 Å². The van der Waals surface area contributed by atoms with Crippen molar-refractivity contribution in [1.29, 1.82) is 0 Å². The molecule has 1 heterocycles. The average Bonchev–Trinajstić information content (AvgIpc) is 2.77. The SMILES string of the molecule is CCN(Cc1ccc(NC(C)=O)cc1)[C@@H]1CCS(=O)(=O)C1. The van der Waals surface area contributed by atoms with Crippen LogP contribution < -0.4 is 5.32 Å². The Balaban J connectivity index is 2.00. The van der Waals surface area contributed by atoms with E-state index in [1.165, 1.54) is 6.92 Å². The molecule has 6 heteroatoms. The van der Waals surface area contributed by atoms with Gasteiger partial charge < -0.3 is 5.32 Å². The maximum Gasteiger partial charge on any atom is 0.221 e. The van der Waals surface area contributed by atoms with Gasteiger partial charge in [-0.05, 0) is 30.7 Å². The van der Waals surface area contributed by atoms with Gasteiger partial charge in [0.05, 0.1) is 11.5 Å². The number of nitrogens with zero attached hydrogens (tertiary/aromatic N) is 1. The van der Waals surface area contributed by atoms with Crippen molar-refractivity contribution in [2.75, 3.05) is 23.4 Å². The molecule has 0 unspecified atom stereocenters. The molecule has 21 heavy (non-hydrogen) atoms. The molecule has 116 valence electrons. The highest BCUT2D eigenvalue weighted by Gasteiger charge is 2.31. The molecule has 0 saturated carbocycles. The van der Waals surface area contributed by atoms with E-state index < -0.39 is 9.84 Å². The molecule has 1 aromatic rings. The van der Waals surface area contributed by atoms with Crippen LogP contribution >= 0.6 is 0 Å². The van der Waals surface area contributed by atoms with Crippen LogP contribution in [0.4, 0.5) is 5.69 Å². The zero-order valence-corrected chi connectivity index (χ0v) is 13.3. The second-order valence-electron chi connectivity index (χ2n) is 5.50. The predicted octanol–water partition coefficient (Wildman–Crippen LogP) is 1.65. The van der Waals surface area contributed by atoms with Crippen LogP contribution in [-0.4, -0.2) is 43.3 Å². The third kappa shape index (κ3) is 4.54. The first kappa shape index (κ1) is 16.0. The van der Waals surface area contributed by atoms with Gasteiger partial charge in [-0.1, -0.05) is 19.1 Å². The number of carbonyl (C=O) groups is 1. The number of hydrogen-bond donors (Lipinski definition) is 1. The predicted molar refractivity (Wildman–Crippen MR) is 83.9 cm³/mol. The number of nitrogens with one attached hydrogen (secondary N) is 1. The molecule has 1 saturated heterocycles. The van der Waals surface area contributed by atoms with E-state index in [-0.39, 0.29) is 17.7 Å². The van der Waals surface area contributed by atoms with E-state index in [0.717, 1.165) is 30.8 Å². The number of sulfone groups is 1. The molecule has 5 nitrogen and oxygen atoms in total. The van der Waals surface area contributed by atoms with Crippen molar-refractivity contribution < 1.29 is 13.2 Å². The van der Waals surface area contributed by atoms with E-state index in [1.807, 2.05) is 24.3 Å². The lowest BCUT2D eigenvalue weighted by Gasteiger charge is -2.26. The molecule has 2 rings (SSSR count). The third-order valence-electron chi connectivity index (χ3n) is 3.79. The topological polar surface area (TPSA) is 66.5 Å². The number of anilines is 1. The number of hydrogen-bond acceptors (Lipinski definition) is 4. The van der Waals surface area contributed by atoms with Crippen LogP contribution in [0, 0.1) is 0 Å². The van der Waals surface area contributed by atoms with Crippen LogP contribution in [0.5, 0.6) is 0 Å². The molecular weight excluding hydrogens is 288 g/mol. The van der Waals surface area contributed by atoms with Gasteiger partial charge in [0.1, 0.15) is 0 Å². The third-order valence-corrected chi connectivity index (χ3v) is 5.54. The molecule has 1 atom stereocenters. The molecule has 1 aliphatic heterocycles. The fourth-order valence-corrected chi connectivity index (χ4v) is 4.46. The van der Waals surface area contributed by atoms with Crippen LogP contribution in [0.1, 0.15) is 25.8 Å². The first-order chi connectivity index (χ1) is 9.89. The Morgan fingerprint density at radius 1 is 1.33 bits per heavy atom. The smallest absolute Gasteiger partial charge is 0.221 e. The summed E-state index contributed by atoms with van der Waals surface area (Å²) >= 11 is 0. The molecule has 0 radical (unpaired) electrons. The van der Waals surface area contributed by atoms with E-state index in [2.05, 4.69) is 17.1 Å². The van der Waals surface area contributed by atoms with Crippen LogP contribution in [0.2, 0.25) is 0 Å². The van der Waals surface area contributed by atoms with E-state index in [9.17, 15) is 13.2 Å². The number of carbonyl (C=O) groups excluding carboxylic acids is 1. The van der Waals surface area contributed by atoms with Crippen LogP contribution in [0.15, 0.2) is 24.3 Å². The number of rotatable bonds is 5. The summed E-state index contributed by atoms with van der Waals surface area (Å²) in [7, 11) is -2.85. The van der Waals surface area contributed by atoms with Crippen LogP contribution in [-0.2, 0) is 21.2 Å². The summed E-state index contributed by atoms with van der Waals surface area (Å²) in [5, 5.41) is 2.73. The average molecular weight is 310 g/mol. The molecule has 1 aliphatic rings. The lowest BCUT2D eigenvalue weighted by molar-refractivity contribution is -0.114. The fraction of sp³-hybridized carbons (Fsp3) is 0.533.